The summed E-state index contributed by atoms with van der Waals surface area (Å²) in [4.78, 5) is 22.1. The van der Waals surface area contributed by atoms with Gasteiger partial charge in [0, 0.05) is 29.4 Å². The van der Waals surface area contributed by atoms with Crippen LogP contribution in [0.3, 0.4) is 0 Å². The lowest BCUT2D eigenvalue weighted by Gasteiger charge is -2.14. The number of carbonyl (C=O) groups excluding carboxylic acids is 1. The molecule has 8 heteroatoms. The second-order valence-corrected chi connectivity index (χ2v) is 5.89. The molecule has 0 aliphatic carbocycles. The van der Waals surface area contributed by atoms with Crippen LogP contribution in [0.1, 0.15) is 6.42 Å². The van der Waals surface area contributed by atoms with Gasteiger partial charge in [0.2, 0.25) is 0 Å². The zero-order chi connectivity index (χ0) is 13.3. The Labute approximate surface area is 107 Å². The van der Waals surface area contributed by atoms with Crippen LogP contribution in [-0.4, -0.2) is 57.9 Å². The molecule has 0 aromatic rings. The highest BCUT2D eigenvalue weighted by molar-refractivity contribution is 7.98. The number of carboxylic acids is 1. The number of carbonyl (C=O) groups is 2. The number of hydrogen-bond acceptors (Lipinski definition) is 4. The maximum Gasteiger partial charge on any atom is 0.326 e. The van der Waals surface area contributed by atoms with Gasteiger partial charge in [0.25, 0.3) is 0 Å². The first-order chi connectivity index (χ1) is 7.97. The van der Waals surface area contributed by atoms with E-state index in [0.29, 0.717) is 17.9 Å². The molecule has 0 spiro atoms. The molecule has 1 unspecified atom stereocenters. The number of nitrogens with one attached hydrogen (secondary N) is 2. The fourth-order valence-corrected chi connectivity index (χ4v) is 1.87. The maximum atomic E-state index is 11.3. The number of amides is 2. The van der Waals surface area contributed by atoms with E-state index in [1.54, 1.807) is 0 Å². The number of urea groups is 1. The Morgan fingerprint density at radius 2 is 2.12 bits per heavy atom. The van der Waals surface area contributed by atoms with Crippen molar-refractivity contribution < 1.29 is 18.9 Å². The lowest BCUT2D eigenvalue weighted by Crippen LogP contribution is -2.47. The third-order valence-corrected chi connectivity index (χ3v) is 3.31. The molecule has 2 amide bonds. The van der Waals surface area contributed by atoms with Crippen LogP contribution in [0.25, 0.3) is 0 Å². The topological polar surface area (TPSA) is 95.5 Å². The summed E-state index contributed by atoms with van der Waals surface area (Å²) >= 11 is 1.52. The molecule has 100 valence electrons. The fourth-order valence-electron chi connectivity index (χ4n) is 1.01. The average molecular weight is 282 g/mol. The highest BCUT2D eigenvalue weighted by Gasteiger charge is 2.18. The summed E-state index contributed by atoms with van der Waals surface area (Å²) in [7, 11) is -0.970. The van der Waals surface area contributed by atoms with Gasteiger partial charge in [0.15, 0.2) is 0 Å². The monoisotopic (exact) mass is 282 g/mol. The normalized spacial score (nSPS) is 13.8. The summed E-state index contributed by atoms with van der Waals surface area (Å²) < 4.78 is 10.7. The largest absolute Gasteiger partial charge is 0.480 e. The zero-order valence-corrected chi connectivity index (χ0v) is 11.5. The Balaban J connectivity index is 3.95. The molecule has 0 saturated heterocycles. The molecule has 0 bridgehead atoms. The average Bonchev–Trinajstić information content (AvgIpc) is 2.23. The van der Waals surface area contributed by atoms with Gasteiger partial charge >= 0.3 is 12.0 Å². The quantitative estimate of drug-likeness (QED) is 0.576. The van der Waals surface area contributed by atoms with Gasteiger partial charge in [0.05, 0.1) is 0 Å². The highest BCUT2D eigenvalue weighted by atomic mass is 32.2. The van der Waals surface area contributed by atoms with Crippen molar-refractivity contribution in [2.75, 3.05) is 30.6 Å². The predicted octanol–water partition coefficient (Wildman–Crippen LogP) is -0.130. The minimum absolute atomic E-state index is 0.268. The Morgan fingerprint density at radius 3 is 2.59 bits per heavy atom. The van der Waals surface area contributed by atoms with Crippen molar-refractivity contribution in [3.8, 4) is 0 Å². The molecule has 0 aromatic carbocycles. The lowest BCUT2D eigenvalue weighted by molar-refractivity contribution is -0.139. The second kappa shape index (κ2) is 9.29. The highest BCUT2D eigenvalue weighted by Crippen LogP contribution is 2.00. The molecular formula is C9H18N2O4S2. The Bertz CT molecular complexity index is 286. The van der Waals surface area contributed by atoms with Crippen LogP contribution >= 0.6 is 11.8 Å². The van der Waals surface area contributed by atoms with E-state index in [1.807, 2.05) is 6.26 Å². The van der Waals surface area contributed by atoms with Crippen LogP contribution in [0.2, 0.25) is 0 Å². The molecule has 17 heavy (non-hydrogen) atoms. The molecular weight excluding hydrogens is 264 g/mol. The van der Waals surface area contributed by atoms with E-state index in [0.717, 1.165) is 0 Å². The number of thioether (sulfide) groups is 1. The first-order valence-corrected chi connectivity index (χ1v) is 8.15. The van der Waals surface area contributed by atoms with E-state index in [-0.39, 0.29) is 6.54 Å². The van der Waals surface area contributed by atoms with Gasteiger partial charge in [-0.3, -0.25) is 4.21 Å². The van der Waals surface area contributed by atoms with Gasteiger partial charge in [-0.25, -0.2) is 9.59 Å². The summed E-state index contributed by atoms with van der Waals surface area (Å²) in [5, 5.41) is 13.7. The summed E-state index contributed by atoms with van der Waals surface area (Å²) in [5.74, 6) is -0.0279. The lowest BCUT2D eigenvalue weighted by atomic mass is 10.2. The molecule has 0 aliphatic rings. The molecule has 2 atom stereocenters. The summed E-state index contributed by atoms with van der Waals surface area (Å²) in [6, 6.07) is -1.42. The molecule has 0 radical (unpaired) electrons. The van der Waals surface area contributed by atoms with Gasteiger partial charge in [-0.15, -0.1) is 0 Å². The first kappa shape index (κ1) is 16.2. The molecule has 3 N–H and O–H groups in total. The van der Waals surface area contributed by atoms with Crippen molar-refractivity contribution in [1.82, 2.24) is 10.6 Å². The van der Waals surface area contributed by atoms with Gasteiger partial charge in [-0.2, -0.15) is 11.8 Å². The third-order valence-electron chi connectivity index (χ3n) is 1.89. The van der Waals surface area contributed by atoms with E-state index < -0.39 is 28.8 Å². The molecule has 0 saturated carbocycles. The summed E-state index contributed by atoms with van der Waals surface area (Å²) in [6.45, 7) is 0.268. The smallest absolute Gasteiger partial charge is 0.326 e. The van der Waals surface area contributed by atoms with Crippen molar-refractivity contribution in [1.29, 1.82) is 0 Å². The van der Waals surface area contributed by atoms with E-state index >= 15 is 0 Å². The van der Waals surface area contributed by atoms with E-state index in [9.17, 15) is 13.8 Å². The maximum absolute atomic E-state index is 11.3. The van der Waals surface area contributed by atoms with Crippen molar-refractivity contribution >= 4 is 34.6 Å². The minimum atomic E-state index is -1.05. The van der Waals surface area contributed by atoms with Crippen LogP contribution in [0.5, 0.6) is 0 Å². The van der Waals surface area contributed by atoms with Crippen molar-refractivity contribution in [3.63, 3.8) is 0 Å². The van der Waals surface area contributed by atoms with E-state index in [1.165, 1.54) is 18.0 Å². The van der Waals surface area contributed by atoms with Gasteiger partial charge in [-0.05, 0) is 18.4 Å². The number of hydrogen-bond donors (Lipinski definition) is 3. The number of rotatable bonds is 8. The van der Waals surface area contributed by atoms with Gasteiger partial charge < -0.3 is 15.7 Å². The van der Waals surface area contributed by atoms with Crippen LogP contribution in [0.15, 0.2) is 0 Å². The van der Waals surface area contributed by atoms with E-state index in [2.05, 4.69) is 10.6 Å². The number of aliphatic carboxylic acids is 1. The second-order valence-electron chi connectivity index (χ2n) is 3.35. The molecule has 0 rings (SSSR count). The molecule has 0 aliphatic heterocycles. The zero-order valence-electron chi connectivity index (χ0n) is 9.89. The summed E-state index contributed by atoms with van der Waals surface area (Å²) in [6.07, 6.45) is 3.79. The van der Waals surface area contributed by atoms with Crippen molar-refractivity contribution in [2.24, 2.45) is 0 Å². The predicted molar refractivity (Wildman–Crippen MR) is 69.9 cm³/mol. The van der Waals surface area contributed by atoms with Gasteiger partial charge in [-0.1, -0.05) is 0 Å². The SMILES string of the molecule is CSCC[C@@H](NC(=O)NCCS(C)=O)C(=O)O. The number of carboxylic acid groups (broad SMARTS) is 1. The van der Waals surface area contributed by atoms with Crippen LogP contribution in [0, 0.1) is 0 Å². The standard InChI is InChI=1S/C9H18N2O4S2/c1-16-5-3-7(8(12)13)11-9(14)10-4-6-17(2)15/h7H,3-6H2,1-2H3,(H,12,13)(H2,10,11,14)/t7-,17?/m1/s1. The summed E-state index contributed by atoms with van der Waals surface area (Å²) in [5.41, 5.74) is 0. The van der Waals surface area contributed by atoms with Crippen molar-refractivity contribution in [3.05, 3.63) is 0 Å². The minimum Gasteiger partial charge on any atom is -0.480 e. The van der Waals surface area contributed by atoms with Crippen LogP contribution < -0.4 is 10.6 Å². The van der Waals surface area contributed by atoms with Crippen molar-refractivity contribution in [2.45, 2.75) is 12.5 Å². The van der Waals surface area contributed by atoms with Gasteiger partial charge in [0.1, 0.15) is 6.04 Å². The molecule has 0 fully saturated rings. The fraction of sp³-hybridized carbons (Fsp3) is 0.778. The first-order valence-electron chi connectivity index (χ1n) is 5.03. The van der Waals surface area contributed by atoms with Crippen LogP contribution in [0.4, 0.5) is 4.79 Å². The molecule has 6 nitrogen and oxygen atoms in total. The molecule has 0 heterocycles. The Kier molecular flexibility index (Phi) is 8.87. The Hall–Kier alpha value is -0.760. The third kappa shape index (κ3) is 8.99. The van der Waals surface area contributed by atoms with E-state index in [4.69, 9.17) is 5.11 Å². The van der Waals surface area contributed by atoms with Crippen LogP contribution in [-0.2, 0) is 15.6 Å². The molecule has 0 aromatic heterocycles. The Morgan fingerprint density at radius 1 is 1.47 bits per heavy atom.